The average molecular weight is 842 g/mol. The summed E-state index contributed by atoms with van der Waals surface area (Å²) in [6, 6.07) is 26.0. The Bertz CT molecular complexity index is 2760. The normalized spacial score (nSPS) is 14.1. The third kappa shape index (κ3) is 8.16. The van der Waals surface area contributed by atoms with Gasteiger partial charge in [-0.15, -0.1) is 11.3 Å². The third-order valence-corrected chi connectivity index (χ3v) is 11.6. The van der Waals surface area contributed by atoms with Gasteiger partial charge in [-0.3, -0.25) is 4.98 Å². The van der Waals surface area contributed by atoms with Crippen LogP contribution in [0, 0.1) is 31.8 Å². The lowest BCUT2D eigenvalue weighted by Crippen LogP contribution is -2.41. The molecule has 0 atom stereocenters. The Morgan fingerprint density at radius 2 is 1.36 bits per heavy atom. The number of rotatable bonds is 4. The van der Waals surface area contributed by atoms with Gasteiger partial charge in [0.2, 0.25) is 0 Å². The predicted octanol–water partition coefficient (Wildman–Crippen LogP) is 9.21. The quantitative estimate of drug-likeness (QED) is 0.126. The van der Waals surface area contributed by atoms with Gasteiger partial charge in [-0.25, -0.2) is 29.2 Å². The second-order valence-electron chi connectivity index (χ2n) is 13.8. The van der Waals surface area contributed by atoms with Gasteiger partial charge in [-0.05, 0) is 99.3 Å². The third-order valence-electron chi connectivity index (χ3n) is 9.31. The summed E-state index contributed by atoms with van der Waals surface area (Å²) in [5.41, 5.74) is 5.13. The Morgan fingerprint density at radius 3 is 1.86 bits per heavy atom. The molecule has 0 spiro atoms. The molecule has 16 heteroatoms. The van der Waals surface area contributed by atoms with E-state index in [1.807, 2.05) is 102 Å². The number of aromatic nitrogens is 8. The van der Waals surface area contributed by atoms with Crippen LogP contribution in [0.1, 0.15) is 44.0 Å². The van der Waals surface area contributed by atoms with E-state index in [1.54, 1.807) is 6.20 Å². The van der Waals surface area contributed by atoms with E-state index in [4.69, 9.17) is 21.1 Å². The maximum atomic E-state index is 8.25. The topological polar surface area (TPSA) is 134 Å². The van der Waals surface area contributed by atoms with Crippen LogP contribution < -0.4 is 5.46 Å². The van der Waals surface area contributed by atoms with Crippen molar-refractivity contribution in [2.75, 3.05) is 0 Å². The molecule has 0 saturated carbocycles. The van der Waals surface area contributed by atoms with Gasteiger partial charge in [0.05, 0.1) is 47.4 Å². The van der Waals surface area contributed by atoms with Crippen molar-refractivity contribution in [3.63, 3.8) is 0 Å². The fraction of sp³-hybridized carbons (Fsp3) is 0.200. The Labute approximate surface area is 340 Å². The molecule has 0 aliphatic carbocycles. The molecule has 1 saturated heterocycles. The second kappa shape index (κ2) is 15.9. The summed E-state index contributed by atoms with van der Waals surface area (Å²) in [5.74, 6) is 1.60. The Kier molecular flexibility index (Phi) is 10.9. The summed E-state index contributed by atoms with van der Waals surface area (Å²) in [7, 11) is -0.386. The second-order valence-corrected chi connectivity index (χ2v) is 17.1. The molecule has 0 amide bonds. The highest BCUT2D eigenvalue weighted by Gasteiger charge is 2.51. The van der Waals surface area contributed by atoms with Gasteiger partial charge >= 0.3 is 7.12 Å². The van der Waals surface area contributed by atoms with Crippen molar-refractivity contribution in [1.82, 2.24) is 39.5 Å². The molecule has 8 aromatic rings. The van der Waals surface area contributed by atoms with E-state index in [1.165, 1.54) is 28.9 Å². The van der Waals surface area contributed by atoms with Crippen LogP contribution in [0.2, 0.25) is 0 Å². The van der Waals surface area contributed by atoms with Crippen LogP contribution in [0.3, 0.4) is 0 Å². The minimum Gasteiger partial charge on any atom is -0.399 e. The zero-order chi connectivity index (χ0) is 39.6. The van der Waals surface area contributed by atoms with E-state index in [0.29, 0.717) is 9.88 Å². The van der Waals surface area contributed by atoms with Gasteiger partial charge in [0.15, 0.2) is 15.6 Å². The smallest absolute Gasteiger partial charge is 0.399 e. The SMILES string of the molecule is Cc1cccc(-n2ncc3ccc(B4OC(C)(C)C(C)(C)O4)cc32)n1.N#Cc1cnc(Br)s1.[C-]#[N+]c1cnc(-c2ccc3cnn(-c4cccc(C)n4)c3c2)s1. The Balaban J connectivity index is 0.000000144. The van der Waals surface area contributed by atoms with Crippen molar-refractivity contribution in [3.05, 3.63) is 129 Å². The highest BCUT2D eigenvalue weighted by Crippen LogP contribution is 2.37. The number of nitriles is 1. The molecule has 12 nitrogen and oxygen atoms in total. The number of pyridine rings is 2. The largest absolute Gasteiger partial charge is 0.494 e. The Hall–Kier alpha value is -5.62. The number of nitrogens with zero attached hydrogens (tertiary/aromatic N) is 10. The van der Waals surface area contributed by atoms with Crippen molar-refractivity contribution < 1.29 is 9.31 Å². The van der Waals surface area contributed by atoms with Gasteiger partial charge in [0.25, 0.3) is 5.00 Å². The standard InChI is InChI=1S/C19H22BN3O2.C17H11N5S.C4HBrN2S/c1-13-7-6-8-17(22-13)23-16-11-15(10-9-14(16)12-21-23)20-24-18(2,3)19(4,5)25-20;1-11-4-3-5-15(21-11)22-14-8-12(6-7-13(14)9-20-22)17-19-10-16(18-2)23-17;5-4-7-2-3(1-6)8-4/h6-12H,1-5H3;3-10H,1H3;2H. The molecular formula is C40H34BBrN10O2S2. The first-order valence-electron chi connectivity index (χ1n) is 17.4. The molecule has 0 radical (unpaired) electrons. The van der Waals surface area contributed by atoms with E-state index in [0.717, 1.165) is 64.8 Å². The molecule has 1 aliphatic rings. The van der Waals surface area contributed by atoms with Gasteiger partial charge in [0.1, 0.15) is 16.0 Å². The molecule has 0 unspecified atom stereocenters. The van der Waals surface area contributed by atoms with Crippen molar-refractivity contribution in [2.45, 2.75) is 52.7 Å². The zero-order valence-electron chi connectivity index (χ0n) is 31.3. The van der Waals surface area contributed by atoms with Crippen molar-refractivity contribution in [1.29, 1.82) is 5.26 Å². The molecular weight excluding hydrogens is 807 g/mol. The summed E-state index contributed by atoms with van der Waals surface area (Å²) in [6.45, 7) is 19.3. The molecule has 7 heterocycles. The van der Waals surface area contributed by atoms with Crippen molar-refractivity contribution >= 4 is 78.0 Å². The van der Waals surface area contributed by atoms with Crippen LogP contribution in [0.4, 0.5) is 5.00 Å². The van der Waals surface area contributed by atoms with E-state index in [9.17, 15) is 0 Å². The minimum absolute atomic E-state index is 0.356. The highest BCUT2D eigenvalue weighted by molar-refractivity contribution is 9.11. The van der Waals surface area contributed by atoms with Gasteiger partial charge in [0, 0.05) is 33.9 Å². The van der Waals surface area contributed by atoms with Gasteiger partial charge in [-0.2, -0.15) is 15.5 Å². The van der Waals surface area contributed by atoms with Crippen molar-refractivity contribution in [3.8, 4) is 28.3 Å². The lowest BCUT2D eigenvalue weighted by Gasteiger charge is -2.32. The van der Waals surface area contributed by atoms with E-state index < -0.39 is 0 Å². The van der Waals surface area contributed by atoms with Crippen molar-refractivity contribution in [2.24, 2.45) is 0 Å². The number of fused-ring (bicyclic) bond motifs is 2. The molecule has 9 rings (SSSR count). The molecule has 1 fully saturated rings. The molecule has 278 valence electrons. The van der Waals surface area contributed by atoms with Gasteiger partial charge in [-0.1, -0.05) is 47.7 Å². The van der Waals surface area contributed by atoms with Crippen LogP contribution in [0.25, 0.3) is 48.9 Å². The number of hydrogen-bond donors (Lipinski definition) is 0. The van der Waals surface area contributed by atoms with Crippen LogP contribution in [0.15, 0.2) is 102 Å². The summed E-state index contributed by atoms with van der Waals surface area (Å²) < 4.78 is 16.8. The van der Waals surface area contributed by atoms with Crippen LogP contribution in [0.5, 0.6) is 0 Å². The molecule has 0 bridgehead atoms. The summed E-state index contributed by atoms with van der Waals surface area (Å²) in [5, 5.41) is 20.7. The summed E-state index contributed by atoms with van der Waals surface area (Å²) in [6.07, 6.45) is 6.83. The van der Waals surface area contributed by atoms with E-state index in [2.05, 4.69) is 90.7 Å². The van der Waals surface area contributed by atoms with Crippen LogP contribution >= 0.6 is 38.6 Å². The number of aryl methyl sites for hydroxylation is 2. The van der Waals surface area contributed by atoms with Gasteiger partial charge < -0.3 is 9.31 Å². The first-order chi connectivity index (χ1) is 26.8. The first kappa shape index (κ1) is 38.7. The minimum atomic E-state index is -0.386. The first-order valence-corrected chi connectivity index (χ1v) is 19.8. The maximum absolute atomic E-state index is 8.25. The fourth-order valence-electron chi connectivity index (χ4n) is 5.73. The summed E-state index contributed by atoms with van der Waals surface area (Å²) >= 11 is 5.85. The Morgan fingerprint density at radius 1 is 0.768 bits per heavy atom. The fourth-order valence-corrected chi connectivity index (χ4v) is 7.49. The van der Waals surface area contributed by atoms with Crippen LogP contribution in [-0.4, -0.2) is 57.8 Å². The summed E-state index contributed by atoms with van der Waals surface area (Å²) in [4.78, 5) is 21.3. The number of halogens is 1. The molecule has 56 heavy (non-hydrogen) atoms. The average Bonchev–Trinajstić information content (AvgIpc) is 4.02. The molecule has 6 aromatic heterocycles. The number of thiazole rings is 2. The maximum Gasteiger partial charge on any atom is 0.494 e. The van der Waals surface area contributed by atoms with Crippen LogP contribution in [-0.2, 0) is 9.31 Å². The predicted molar refractivity (Wildman–Crippen MR) is 225 cm³/mol. The zero-order valence-corrected chi connectivity index (χ0v) is 34.5. The van der Waals surface area contributed by atoms with E-state index in [-0.39, 0.29) is 18.3 Å². The lowest BCUT2D eigenvalue weighted by molar-refractivity contribution is 0.00578. The lowest BCUT2D eigenvalue weighted by atomic mass is 9.79. The number of benzene rings is 2. The highest BCUT2D eigenvalue weighted by atomic mass is 79.9. The van der Waals surface area contributed by atoms with E-state index >= 15 is 0 Å². The molecule has 2 aromatic carbocycles. The number of hydrogen-bond acceptors (Lipinski definition) is 11. The molecule has 0 N–H and O–H groups in total. The monoisotopic (exact) mass is 840 g/mol. The molecule has 1 aliphatic heterocycles.